The lowest BCUT2D eigenvalue weighted by molar-refractivity contribution is -0.146. The van der Waals surface area contributed by atoms with Crippen LogP contribution in [0.25, 0.3) is 21.9 Å². The third kappa shape index (κ3) is 9.42. The number of ether oxygens (including phenoxy) is 3. The lowest BCUT2D eigenvalue weighted by Crippen LogP contribution is -2.44. The molecule has 0 aliphatic carbocycles. The number of carbonyl (C=O) groups excluding carboxylic acids is 1. The van der Waals surface area contributed by atoms with Crippen LogP contribution < -0.4 is 19.7 Å². The molecule has 6 atom stereocenters. The number of aromatic nitrogens is 4. The van der Waals surface area contributed by atoms with Crippen LogP contribution in [0.4, 0.5) is 5.95 Å². The molecule has 53 heavy (non-hydrogen) atoms. The van der Waals surface area contributed by atoms with Gasteiger partial charge in [0.05, 0.1) is 26.1 Å². The van der Waals surface area contributed by atoms with Crippen molar-refractivity contribution >= 4 is 41.6 Å². The number of aliphatic hydroxyl groups is 2. The quantitative estimate of drug-likeness (QED) is 0.0372. The molecule has 1 aliphatic heterocycles. The third-order valence-electron chi connectivity index (χ3n) is 8.66. The van der Waals surface area contributed by atoms with Crippen LogP contribution in [-0.4, -0.2) is 86.4 Å². The number of unbranched alkanes of at least 4 members (excludes halogenated alkanes) is 1. The third-order valence-corrected chi connectivity index (χ3v) is 10.2. The first kappa shape index (κ1) is 39.8. The van der Waals surface area contributed by atoms with Crippen LogP contribution in [0.15, 0.2) is 74.1 Å². The molecule has 286 valence electrons. The molecule has 0 amide bonds. The molecule has 1 saturated heterocycles. The Morgan fingerprint density at radius 1 is 1.13 bits per heavy atom. The number of benzene rings is 2. The van der Waals surface area contributed by atoms with Gasteiger partial charge in [-0.3, -0.25) is 13.9 Å². The second kappa shape index (κ2) is 17.6. The highest BCUT2D eigenvalue weighted by Crippen LogP contribution is 2.49. The van der Waals surface area contributed by atoms with Crippen LogP contribution in [-0.2, 0) is 23.4 Å². The molecule has 2 aromatic heterocycles. The summed E-state index contributed by atoms with van der Waals surface area (Å²) in [5.41, 5.74) is -1.32. The highest BCUT2D eigenvalue weighted by molar-refractivity contribution is 7.52. The number of imidazole rings is 1. The topological polar surface area (TPSA) is 188 Å². The predicted octanol–water partition coefficient (Wildman–Crippen LogP) is 5.70. The monoisotopic (exact) mass is 752 g/mol. The minimum Gasteiger partial charge on any atom is -0.476 e. The predicted molar refractivity (Wildman–Crippen MR) is 201 cm³/mol. The molecular formula is C37H49N6O9P. The number of aliphatic hydroxyl groups excluding tert-OH is 1. The van der Waals surface area contributed by atoms with Gasteiger partial charge in [-0.2, -0.15) is 15.1 Å². The number of fused-ring (bicyclic) bond motifs is 2. The first-order valence-electron chi connectivity index (χ1n) is 17.6. The van der Waals surface area contributed by atoms with E-state index in [1.807, 2.05) is 44.2 Å². The van der Waals surface area contributed by atoms with E-state index in [2.05, 4.69) is 38.5 Å². The summed E-state index contributed by atoms with van der Waals surface area (Å²) in [5, 5.41) is 30.3. The number of hydrogen-bond acceptors (Lipinski definition) is 13. The fraction of sp³-hybridized carbons (Fsp3) is 0.459. The average molecular weight is 753 g/mol. The maximum atomic E-state index is 14.8. The maximum absolute atomic E-state index is 14.8. The standard InChI is InChI=1S/C37H49N6O9P/c1-7-9-13-20-49-34(45)27(21-24(3)4)42-53(47,52-28-18-14-16-25-15-11-12-17-26(25)28)50-22-29-31(44)37(5,46)35(51-29)43-23-39-30-32(43)40-36(38-6)41-33(30)48-19-10-8-2/h7-8,11-12,14-18,23-24,27,29,31,35,44,46H,1-2,9-10,13,19-22H2,3-6H3,(H,42,47)(H,38,40,41)/t27-,29?,31+,35?,37+,53?/m0/s1. The molecular weight excluding hydrogens is 703 g/mol. The summed E-state index contributed by atoms with van der Waals surface area (Å²) in [7, 11) is -2.79. The van der Waals surface area contributed by atoms with Crippen molar-refractivity contribution in [2.24, 2.45) is 5.92 Å². The van der Waals surface area contributed by atoms with Gasteiger partial charge in [-0.25, -0.2) is 9.55 Å². The van der Waals surface area contributed by atoms with E-state index in [4.69, 9.17) is 23.3 Å². The van der Waals surface area contributed by atoms with E-state index >= 15 is 0 Å². The van der Waals surface area contributed by atoms with Crippen molar-refractivity contribution in [1.29, 1.82) is 0 Å². The van der Waals surface area contributed by atoms with Gasteiger partial charge in [-0.1, -0.05) is 62.4 Å². The molecule has 3 heterocycles. The number of anilines is 1. The molecule has 16 heteroatoms. The zero-order valence-corrected chi connectivity index (χ0v) is 31.4. The van der Waals surface area contributed by atoms with Crippen LogP contribution in [0.2, 0.25) is 0 Å². The largest absolute Gasteiger partial charge is 0.476 e. The Balaban J connectivity index is 1.43. The first-order chi connectivity index (χ1) is 25.4. The van der Waals surface area contributed by atoms with Crippen molar-refractivity contribution in [2.75, 3.05) is 32.2 Å². The van der Waals surface area contributed by atoms with Gasteiger partial charge >= 0.3 is 13.7 Å². The number of rotatable bonds is 20. The van der Waals surface area contributed by atoms with E-state index in [0.29, 0.717) is 36.8 Å². The second-order valence-electron chi connectivity index (χ2n) is 13.3. The second-order valence-corrected chi connectivity index (χ2v) is 15.0. The maximum Gasteiger partial charge on any atom is 0.459 e. The normalized spacial score (nSPS) is 21.7. The molecule has 0 bridgehead atoms. The number of esters is 1. The lowest BCUT2D eigenvalue weighted by atomic mass is 9.96. The Bertz CT molecular complexity index is 1930. The van der Waals surface area contributed by atoms with Gasteiger partial charge in [0.15, 0.2) is 17.4 Å². The summed E-state index contributed by atoms with van der Waals surface area (Å²) in [4.78, 5) is 26.6. The van der Waals surface area contributed by atoms with Gasteiger partial charge in [0, 0.05) is 12.4 Å². The fourth-order valence-electron chi connectivity index (χ4n) is 5.92. The molecule has 1 aliphatic rings. The molecule has 1 fully saturated rings. The molecule has 3 unspecified atom stereocenters. The van der Waals surface area contributed by atoms with Crippen molar-refractivity contribution in [3.05, 3.63) is 74.1 Å². The number of allylic oxidation sites excluding steroid dienone is 1. The first-order valence-corrected chi connectivity index (χ1v) is 19.1. The molecule has 0 spiro atoms. The van der Waals surface area contributed by atoms with Crippen molar-refractivity contribution in [2.45, 2.75) is 76.5 Å². The van der Waals surface area contributed by atoms with Crippen LogP contribution in [0.1, 0.15) is 52.7 Å². The summed E-state index contributed by atoms with van der Waals surface area (Å²) < 4.78 is 46.0. The molecule has 4 N–H and O–H groups in total. The summed E-state index contributed by atoms with van der Waals surface area (Å²) in [5.74, 6) is 0.0797. The smallest absolute Gasteiger partial charge is 0.459 e. The minimum atomic E-state index is -4.44. The molecule has 2 aromatic carbocycles. The summed E-state index contributed by atoms with van der Waals surface area (Å²) in [6, 6.07) is 11.6. The van der Waals surface area contributed by atoms with E-state index < -0.39 is 50.4 Å². The summed E-state index contributed by atoms with van der Waals surface area (Å²) in [6.07, 6.45) is 2.96. The van der Waals surface area contributed by atoms with Crippen LogP contribution >= 0.6 is 7.75 Å². The molecule has 0 saturated carbocycles. The van der Waals surface area contributed by atoms with Crippen molar-refractivity contribution in [3.8, 4) is 11.6 Å². The van der Waals surface area contributed by atoms with E-state index in [0.717, 1.165) is 5.39 Å². The Labute approximate surface area is 309 Å². The van der Waals surface area contributed by atoms with E-state index in [1.165, 1.54) is 17.8 Å². The van der Waals surface area contributed by atoms with Gasteiger partial charge < -0.3 is 34.3 Å². The molecule has 15 nitrogen and oxygen atoms in total. The summed E-state index contributed by atoms with van der Waals surface area (Å²) >= 11 is 0. The Morgan fingerprint density at radius 3 is 2.62 bits per heavy atom. The lowest BCUT2D eigenvalue weighted by Gasteiger charge is -2.28. The Hall–Kier alpha value is -4.37. The van der Waals surface area contributed by atoms with Gasteiger partial charge in [-0.15, -0.1) is 13.2 Å². The van der Waals surface area contributed by atoms with Gasteiger partial charge in [0.25, 0.3) is 0 Å². The van der Waals surface area contributed by atoms with Crippen LogP contribution in [0, 0.1) is 5.92 Å². The SMILES string of the molecule is C=CCCCOC(=O)[C@H](CC(C)C)NP(=O)(OCC1OC(n2cnc3c(OCCC=C)nc(NC)nc32)[C@](C)(O)[C@@H]1O)Oc1cccc2ccccc12. The zero-order valence-electron chi connectivity index (χ0n) is 30.5. The highest BCUT2D eigenvalue weighted by atomic mass is 31.2. The number of nitrogens with zero attached hydrogens (tertiary/aromatic N) is 4. The average Bonchev–Trinajstić information content (AvgIpc) is 3.65. The summed E-state index contributed by atoms with van der Waals surface area (Å²) in [6.45, 7) is 12.6. The van der Waals surface area contributed by atoms with Crippen LogP contribution in [0.5, 0.6) is 11.6 Å². The molecule has 4 aromatic rings. The van der Waals surface area contributed by atoms with Crippen LogP contribution in [0.3, 0.4) is 0 Å². The fourth-order valence-corrected chi connectivity index (χ4v) is 7.46. The van der Waals surface area contributed by atoms with Crippen molar-refractivity contribution < 1.29 is 42.8 Å². The Morgan fingerprint density at radius 2 is 1.89 bits per heavy atom. The van der Waals surface area contributed by atoms with Crippen molar-refractivity contribution in [3.63, 3.8) is 0 Å². The number of carbonyl (C=O) groups is 1. The van der Waals surface area contributed by atoms with Gasteiger partial charge in [0.1, 0.15) is 29.6 Å². The number of hydrogen-bond donors (Lipinski definition) is 4. The van der Waals surface area contributed by atoms with E-state index in [-0.39, 0.29) is 42.2 Å². The minimum absolute atomic E-state index is 0.000197. The van der Waals surface area contributed by atoms with E-state index in [1.54, 1.807) is 31.3 Å². The van der Waals surface area contributed by atoms with Gasteiger partial charge in [0.2, 0.25) is 11.8 Å². The number of nitrogens with one attached hydrogen (secondary N) is 2. The highest BCUT2D eigenvalue weighted by Gasteiger charge is 2.54. The van der Waals surface area contributed by atoms with E-state index in [9.17, 15) is 19.6 Å². The van der Waals surface area contributed by atoms with Crippen molar-refractivity contribution in [1.82, 2.24) is 24.6 Å². The zero-order chi connectivity index (χ0) is 38.2. The van der Waals surface area contributed by atoms with Gasteiger partial charge in [-0.05, 0) is 50.0 Å². The Kier molecular flexibility index (Phi) is 13.3. The molecule has 5 rings (SSSR count). The molecule has 0 radical (unpaired) electrons.